The minimum absolute atomic E-state index is 0.205. The Balaban J connectivity index is 2.01. The first-order valence-electron chi connectivity index (χ1n) is 7.07. The standard InChI is InChI=1S/C17H13N3O2/c21-17(22)16-14(11-7-18-9-19-8-11)13-6-5-10-3-1-2-4-12(10)15(13)20-16/h1-4,7-9,20H,5-6H2,(H,21,22). The van der Waals surface area contributed by atoms with Gasteiger partial charge in [-0.05, 0) is 24.0 Å². The van der Waals surface area contributed by atoms with Crippen molar-refractivity contribution in [3.8, 4) is 22.4 Å². The number of aromatic nitrogens is 3. The fourth-order valence-corrected chi connectivity index (χ4v) is 3.17. The minimum Gasteiger partial charge on any atom is -0.477 e. The van der Waals surface area contributed by atoms with Crippen molar-refractivity contribution in [3.63, 3.8) is 0 Å². The molecule has 3 aromatic rings. The number of aryl methyl sites for hydroxylation is 1. The molecular formula is C17H13N3O2. The molecule has 0 saturated carbocycles. The van der Waals surface area contributed by atoms with Crippen LogP contribution in [0.4, 0.5) is 0 Å². The Morgan fingerprint density at radius 1 is 1.14 bits per heavy atom. The van der Waals surface area contributed by atoms with Gasteiger partial charge in [-0.2, -0.15) is 0 Å². The predicted octanol–water partition coefficient (Wildman–Crippen LogP) is 2.94. The maximum absolute atomic E-state index is 11.7. The Morgan fingerprint density at radius 3 is 2.68 bits per heavy atom. The third-order valence-corrected chi connectivity index (χ3v) is 4.10. The molecule has 4 rings (SSSR count). The highest BCUT2D eigenvalue weighted by molar-refractivity contribution is 5.98. The van der Waals surface area contributed by atoms with E-state index in [2.05, 4.69) is 21.0 Å². The van der Waals surface area contributed by atoms with Crippen LogP contribution in [0.3, 0.4) is 0 Å². The van der Waals surface area contributed by atoms with Crippen molar-refractivity contribution in [2.24, 2.45) is 0 Å². The van der Waals surface area contributed by atoms with E-state index in [1.54, 1.807) is 12.4 Å². The van der Waals surface area contributed by atoms with Gasteiger partial charge in [-0.15, -0.1) is 0 Å². The number of nitrogens with zero attached hydrogens (tertiary/aromatic N) is 2. The predicted molar refractivity (Wildman–Crippen MR) is 81.6 cm³/mol. The number of carbonyl (C=O) groups is 1. The number of carboxylic acids is 1. The summed E-state index contributed by atoms with van der Waals surface area (Å²) >= 11 is 0. The molecule has 2 N–H and O–H groups in total. The molecular weight excluding hydrogens is 278 g/mol. The van der Waals surface area contributed by atoms with Crippen LogP contribution >= 0.6 is 0 Å². The van der Waals surface area contributed by atoms with E-state index in [0.717, 1.165) is 35.2 Å². The molecule has 5 heteroatoms. The van der Waals surface area contributed by atoms with Crippen molar-refractivity contribution in [2.75, 3.05) is 0 Å². The van der Waals surface area contributed by atoms with Gasteiger partial charge in [-0.1, -0.05) is 24.3 Å². The fourth-order valence-electron chi connectivity index (χ4n) is 3.17. The van der Waals surface area contributed by atoms with Crippen LogP contribution in [0, 0.1) is 0 Å². The maximum Gasteiger partial charge on any atom is 0.352 e. The number of aromatic amines is 1. The Hall–Kier alpha value is -2.95. The highest BCUT2D eigenvalue weighted by atomic mass is 16.4. The Labute approximate surface area is 126 Å². The normalized spacial score (nSPS) is 12.5. The van der Waals surface area contributed by atoms with E-state index < -0.39 is 5.97 Å². The lowest BCUT2D eigenvalue weighted by atomic mass is 9.87. The van der Waals surface area contributed by atoms with Crippen LogP contribution in [0.15, 0.2) is 43.0 Å². The second-order valence-electron chi connectivity index (χ2n) is 5.32. The average molecular weight is 291 g/mol. The van der Waals surface area contributed by atoms with Gasteiger partial charge in [-0.25, -0.2) is 14.8 Å². The van der Waals surface area contributed by atoms with Gasteiger partial charge in [0.05, 0.1) is 5.69 Å². The van der Waals surface area contributed by atoms with E-state index in [9.17, 15) is 9.90 Å². The molecule has 0 atom stereocenters. The van der Waals surface area contributed by atoms with Gasteiger partial charge in [-0.3, -0.25) is 0 Å². The van der Waals surface area contributed by atoms with Crippen LogP contribution in [0.5, 0.6) is 0 Å². The molecule has 5 nitrogen and oxygen atoms in total. The number of hydrogen-bond acceptors (Lipinski definition) is 3. The second kappa shape index (κ2) is 4.80. The quantitative estimate of drug-likeness (QED) is 0.761. The SMILES string of the molecule is O=C(O)c1[nH]c2c(c1-c1cncnc1)CCc1ccccc1-2. The van der Waals surface area contributed by atoms with Crippen molar-refractivity contribution < 1.29 is 9.90 Å². The van der Waals surface area contributed by atoms with Gasteiger partial charge in [0.2, 0.25) is 0 Å². The summed E-state index contributed by atoms with van der Waals surface area (Å²) in [5, 5.41) is 9.55. The van der Waals surface area contributed by atoms with Crippen molar-refractivity contribution >= 4 is 5.97 Å². The van der Waals surface area contributed by atoms with E-state index in [-0.39, 0.29) is 5.69 Å². The molecule has 0 spiro atoms. The van der Waals surface area contributed by atoms with Crippen LogP contribution in [0.25, 0.3) is 22.4 Å². The Kier molecular flexibility index (Phi) is 2.79. The molecule has 0 bridgehead atoms. The number of fused-ring (bicyclic) bond motifs is 3. The molecule has 0 aliphatic heterocycles. The molecule has 2 aromatic heterocycles. The van der Waals surface area contributed by atoms with Crippen molar-refractivity contribution in [2.45, 2.75) is 12.8 Å². The third kappa shape index (κ3) is 1.83. The highest BCUT2D eigenvalue weighted by Crippen LogP contribution is 2.40. The summed E-state index contributed by atoms with van der Waals surface area (Å²) in [7, 11) is 0. The molecule has 0 fully saturated rings. The zero-order valence-corrected chi connectivity index (χ0v) is 11.7. The van der Waals surface area contributed by atoms with Crippen LogP contribution in [0.1, 0.15) is 21.6 Å². The summed E-state index contributed by atoms with van der Waals surface area (Å²) in [6.45, 7) is 0. The van der Waals surface area contributed by atoms with E-state index >= 15 is 0 Å². The summed E-state index contributed by atoms with van der Waals surface area (Å²) in [5.41, 5.74) is 5.90. The first kappa shape index (κ1) is 12.8. The first-order chi connectivity index (χ1) is 10.8. The molecule has 1 aliphatic rings. The van der Waals surface area contributed by atoms with Crippen LogP contribution in [-0.2, 0) is 12.8 Å². The molecule has 2 heterocycles. The number of nitrogens with one attached hydrogen (secondary N) is 1. The van der Waals surface area contributed by atoms with Gasteiger partial charge in [0.25, 0.3) is 0 Å². The summed E-state index contributed by atoms with van der Waals surface area (Å²) in [5.74, 6) is -0.967. The molecule has 1 aromatic carbocycles. The molecule has 0 saturated heterocycles. The van der Waals surface area contributed by atoms with Crippen molar-refractivity contribution in [1.82, 2.24) is 15.0 Å². The fraction of sp³-hybridized carbons (Fsp3) is 0.118. The third-order valence-electron chi connectivity index (χ3n) is 4.10. The van der Waals surface area contributed by atoms with Crippen molar-refractivity contribution in [1.29, 1.82) is 0 Å². The zero-order chi connectivity index (χ0) is 15.1. The number of rotatable bonds is 2. The number of benzene rings is 1. The van der Waals surface area contributed by atoms with Crippen LogP contribution in [-0.4, -0.2) is 26.0 Å². The largest absolute Gasteiger partial charge is 0.477 e. The maximum atomic E-state index is 11.7. The number of hydrogen-bond donors (Lipinski definition) is 2. The summed E-state index contributed by atoms with van der Waals surface area (Å²) in [6.07, 6.45) is 6.46. The molecule has 0 unspecified atom stereocenters. The van der Waals surface area contributed by atoms with E-state index in [0.29, 0.717) is 5.56 Å². The smallest absolute Gasteiger partial charge is 0.352 e. The lowest BCUT2D eigenvalue weighted by Gasteiger charge is -2.17. The number of H-pyrrole nitrogens is 1. The molecule has 22 heavy (non-hydrogen) atoms. The molecule has 1 aliphatic carbocycles. The van der Waals surface area contributed by atoms with Gasteiger partial charge in [0, 0.05) is 29.1 Å². The van der Waals surface area contributed by atoms with E-state index in [1.807, 2.05) is 18.2 Å². The summed E-state index contributed by atoms with van der Waals surface area (Å²) in [4.78, 5) is 22.8. The molecule has 0 amide bonds. The average Bonchev–Trinajstić information content (AvgIpc) is 2.96. The zero-order valence-electron chi connectivity index (χ0n) is 11.7. The Morgan fingerprint density at radius 2 is 1.91 bits per heavy atom. The van der Waals surface area contributed by atoms with Crippen LogP contribution < -0.4 is 0 Å². The lowest BCUT2D eigenvalue weighted by molar-refractivity contribution is 0.0692. The van der Waals surface area contributed by atoms with Crippen molar-refractivity contribution in [3.05, 3.63) is 59.8 Å². The van der Waals surface area contributed by atoms with Gasteiger partial charge in [0.15, 0.2) is 0 Å². The topological polar surface area (TPSA) is 78.9 Å². The van der Waals surface area contributed by atoms with Gasteiger partial charge >= 0.3 is 5.97 Å². The molecule has 0 radical (unpaired) electrons. The summed E-state index contributed by atoms with van der Waals surface area (Å²) < 4.78 is 0. The summed E-state index contributed by atoms with van der Waals surface area (Å²) in [6, 6.07) is 8.10. The first-order valence-corrected chi connectivity index (χ1v) is 7.07. The monoisotopic (exact) mass is 291 g/mol. The Bertz CT molecular complexity index is 869. The van der Waals surface area contributed by atoms with Gasteiger partial charge in [0.1, 0.15) is 12.0 Å². The minimum atomic E-state index is -0.967. The van der Waals surface area contributed by atoms with E-state index in [1.165, 1.54) is 11.9 Å². The molecule has 108 valence electrons. The number of carboxylic acid groups (broad SMARTS) is 1. The lowest BCUT2D eigenvalue weighted by Crippen LogP contribution is -2.03. The van der Waals surface area contributed by atoms with Gasteiger partial charge < -0.3 is 10.1 Å². The highest BCUT2D eigenvalue weighted by Gasteiger charge is 2.27. The van der Waals surface area contributed by atoms with E-state index in [4.69, 9.17) is 0 Å². The second-order valence-corrected chi connectivity index (χ2v) is 5.32. The van der Waals surface area contributed by atoms with Crippen LogP contribution in [0.2, 0.25) is 0 Å². The number of aromatic carboxylic acids is 1.